The number of pyridine rings is 1. The van der Waals surface area contributed by atoms with Crippen LogP contribution in [0.5, 0.6) is 0 Å². The largest absolute Gasteiger partial charge is 0.354 e. The van der Waals surface area contributed by atoms with E-state index in [4.69, 9.17) is 4.98 Å². The van der Waals surface area contributed by atoms with Crippen molar-refractivity contribution in [3.63, 3.8) is 0 Å². The van der Waals surface area contributed by atoms with Gasteiger partial charge in [0.15, 0.2) is 5.82 Å². The summed E-state index contributed by atoms with van der Waals surface area (Å²) in [7, 11) is 2.01. The van der Waals surface area contributed by atoms with Gasteiger partial charge in [-0.25, -0.2) is 9.97 Å². The summed E-state index contributed by atoms with van der Waals surface area (Å²) in [4.78, 5) is 30.5. The van der Waals surface area contributed by atoms with E-state index in [0.29, 0.717) is 18.1 Å². The SMILES string of the molecule is Cc1ccc(CN(C)c2nc(-c3cccnc3)nc3c2CCNC3=O)s1. The van der Waals surface area contributed by atoms with Crippen molar-refractivity contribution in [2.75, 3.05) is 18.5 Å². The molecule has 0 unspecified atom stereocenters. The highest BCUT2D eigenvalue weighted by molar-refractivity contribution is 7.11. The van der Waals surface area contributed by atoms with Crippen molar-refractivity contribution in [2.24, 2.45) is 0 Å². The molecule has 0 saturated heterocycles. The number of fused-ring (bicyclic) bond motifs is 1. The summed E-state index contributed by atoms with van der Waals surface area (Å²) in [6.07, 6.45) is 4.16. The summed E-state index contributed by atoms with van der Waals surface area (Å²) >= 11 is 1.77. The summed E-state index contributed by atoms with van der Waals surface area (Å²) < 4.78 is 0. The first-order valence-electron chi connectivity index (χ1n) is 8.48. The van der Waals surface area contributed by atoms with E-state index in [2.05, 4.69) is 39.2 Å². The molecule has 3 aromatic rings. The fourth-order valence-corrected chi connectivity index (χ4v) is 4.04. The molecule has 3 aromatic heterocycles. The highest BCUT2D eigenvalue weighted by Gasteiger charge is 2.26. The first kappa shape index (κ1) is 16.7. The summed E-state index contributed by atoms with van der Waals surface area (Å²) in [5, 5.41) is 2.87. The Labute approximate surface area is 155 Å². The van der Waals surface area contributed by atoms with Gasteiger partial charge in [0.25, 0.3) is 5.91 Å². The van der Waals surface area contributed by atoms with Crippen LogP contribution in [0.3, 0.4) is 0 Å². The van der Waals surface area contributed by atoms with Crippen LogP contribution in [0.4, 0.5) is 5.82 Å². The summed E-state index contributed by atoms with van der Waals surface area (Å²) in [6.45, 7) is 3.46. The molecule has 132 valence electrons. The van der Waals surface area contributed by atoms with Crippen molar-refractivity contribution < 1.29 is 4.79 Å². The van der Waals surface area contributed by atoms with Gasteiger partial charge in [0.1, 0.15) is 11.5 Å². The average molecular weight is 365 g/mol. The lowest BCUT2D eigenvalue weighted by atomic mass is 10.1. The van der Waals surface area contributed by atoms with Crippen molar-refractivity contribution in [1.82, 2.24) is 20.3 Å². The van der Waals surface area contributed by atoms with Crippen LogP contribution in [-0.4, -0.2) is 34.5 Å². The van der Waals surface area contributed by atoms with Crippen LogP contribution in [-0.2, 0) is 13.0 Å². The summed E-state index contributed by atoms with van der Waals surface area (Å²) in [5.41, 5.74) is 2.18. The lowest BCUT2D eigenvalue weighted by Gasteiger charge is -2.25. The van der Waals surface area contributed by atoms with Crippen molar-refractivity contribution in [3.05, 3.63) is 57.7 Å². The van der Waals surface area contributed by atoms with Crippen molar-refractivity contribution in [1.29, 1.82) is 0 Å². The number of aromatic nitrogens is 3. The molecule has 0 radical (unpaired) electrons. The number of nitrogens with zero attached hydrogens (tertiary/aromatic N) is 4. The molecule has 0 atom stereocenters. The van der Waals surface area contributed by atoms with Crippen molar-refractivity contribution in [3.8, 4) is 11.4 Å². The second-order valence-electron chi connectivity index (χ2n) is 6.31. The molecule has 6 nitrogen and oxygen atoms in total. The van der Waals surface area contributed by atoms with E-state index in [1.807, 2.05) is 19.2 Å². The zero-order valence-corrected chi connectivity index (χ0v) is 15.5. The van der Waals surface area contributed by atoms with Gasteiger partial charge in [0.05, 0.1) is 6.54 Å². The van der Waals surface area contributed by atoms with E-state index >= 15 is 0 Å². The number of anilines is 1. The Kier molecular flexibility index (Phi) is 4.38. The molecule has 4 rings (SSSR count). The monoisotopic (exact) mass is 365 g/mol. The Morgan fingerprint density at radius 3 is 2.88 bits per heavy atom. The lowest BCUT2D eigenvalue weighted by Crippen LogP contribution is -2.35. The average Bonchev–Trinajstić information content (AvgIpc) is 3.07. The predicted molar refractivity (Wildman–Crippen MR) is 102 cm³/mol. The minimum absolute atomic E-state index is 0.139. The Balaban J connectivity index is 1.79. The van der Waals surface area contributed by atoms with Gasteiger partial charge in [-0.2, -0.15) is 0 Å². The number of aryl methyl sites for hydroxylation is 1. The standard InChI is InChI=1S/C19H19N5OS/c1-12-5-6-14(26-12)11-24(2)18-15-7-9-21-19(25)16(15)22-17(23-18)13-4-3-8-20-10-13/h3-6,8,10H,7,9,11H2,1-2H3,(H,21,25). The number of carbonyl (C=O) groups is 1. The molecule has 1 amide bonds. The van der Waals surface area contributed by atoms with Crippen LogP contribution in [0, 0.1) is 6.92 Å². The van der Waals surface area contributed by atoms with Gasteiger partial charge in [-0.3, -0.25) is 9.78 Å². The Bertz CT molecular complexity index is 954. The fourth-order valence-electron chi connectivity index (χ4n) is 3.09. The van der Waals surface area contributed by atoms with Crippen LogP contribution in [0.25, 0.3) is 11.4 Å². The molecule has 4 heterocycles. The van der Waals surface area contributed by atoms with E-state index < -0.39 is 0 Å². The second-order valence-corrected chi connectivity index (χ2v) is 7.69. The molecule has 0 aromatic carbocycles. The molecular formula is C19H19N5OS. The zero-order chi connectivity index (χ0) is 18.1. The third-order valence-corrected chi connectivity index (χ3v) is 5.32. The van der Waals surface area contributed by atoms with Crippen LogP contribution >= 0.6 is 11.3 Å². The molecule has 1 aliphatic rings. The second kappa shape index (κ2) is 6.84. The molecule has 0 fully saturated rings. The van der Waals surface area contributed by atoms with E-state index in [1.54, 1.807) is 23.7 Å². The fraction of sp³-hybridized carbons (Fsp3) is 0.263. The molecule has 0 bridgehead atoms. The third-order valence-electron chi connectivity index (χ3n) is 4.33. The van der Waals surface area contributed by atoms with Crippen LogP contribution in [0.15, 0.2) is 36.7 Å². The Hall–Kier alpha value is -2.80. The minimum Gasteiger partial charge on any atom is -0.354 e. The van der Waals surface area contributed by atoms with Gasteiger partial charge in [-0.15, -0.1) is 11.3 Å². The molecule has 1 N–H and O–H groups in total. The van der Waals surface area contributed by atoms with E-state index in [1.165, 1.54) is 9.75 Å². The maximum absolute atomic E-state index is 12.4. The van der Waals surface area contributed by atoms with Gasteiger partial charge in [-0.05, 0) is 37.6 Å². The number of hydrogen-bond donors (Lipinski definition) is 1. The molecule has 7 heteroatoms. The number of nitrogens with one attached hydrogen (secondary N) is 1. The van der Waals surface area contributed by atoms with Crippen molar-refractivity contribution >= 4 is 23.1 Å². The number of hydrogen-bond acceptors (Lipinski definition) is 6. The van der Waals surface area contributed by atoms with Crippen LogP contribution in [0.2, 0.25) is 0 Å². The van der Waals surface area contributed by atoms with Crippen LogP contribution in [0.1, 0.15) is 25.8 Å². The van der Waals surface area contributed by atoms with E-state index in [0.717, 1.165) is 29.9 Å². The Morgan fingerprint density at radius 2 is 2.15 bits per heavy atom. The predicted octanol–water partition coefficient (Wildman–Crippen LogP) is 2.83. The lowest BCUT2D eigenvalue weighted by molar-refractivity contribution is 0.0940. The molecule has 0 aliphatic carbocycles. The number of rotatable bonds is 4. The van der Waals surface area contributed by atoms with Gasteiger partial charge in [-0.1, -0.05) is 0 Å². The van der Waals surface area contributed by atoms with Crippen LogP contribution < -0.4 is 10.2 Å². The summed E-state index contributed by atoms with van der Waals surface area (Å²) in [6, 6.07) is 8.01. The molecule has 1 aliphatic heterocycles. The number of amides is 1. The molecule has 0 spiro atoms. The number of thiophene rings is 1. The van der Waals surface area contributed by atoms with E-state index in [-0.39, 0.29) is 5.91 Å². The van der Waals surface area contributed by atoms with Gasteiger partial charge in [0.2, 0.25) is 0 Å². The smallest absolute Gasteiger partial charge is 0.270 e. The zero-order valence-electron chi connectivity index (χ0n) is 14.7. The molecular weight excluding hydrogens is 346 g/mol. The normalized spacial score (nSPS) is 13.2. The topological polar surface area (TPSA) is 71.0 Å². The maximum atomic E-state index is 12.4. The van der Waals surface area contributed by atoms with Gasteiger partial charge >= 0.3 is 0 Å². The molecule has 26 heavy (non-hydrogen) atoms. The highest BCUT2D eigenvalue weighted by Crippen LogP contribution is 2.28. The van der Waals surface area contributed by atoms with Crippen molar-refractivity contribution in [2.45, 2.75) is 19.9 Å². The first-order chi connectivity index (χ1) is 12.6. The van der Waals surface area contributed by atoms with Gasteiger partial charge < -0.3 is 10.2 Å². The summed E-state index contributed by atoms with van der Waals surface area (Å²) in [5.74, 6) is 1.20. The quantitative estimate of drug-likeness (QED) is 0.770. The third kappa shape index (κ3) is 3.17. The van der Waals surface area contributed by atoms with Gasteiger partial charge in [0, 0.05) is 46.9 Å². The number of carbonyl (C=O) groups excluding carboxylic acids is 1. The highest BCUT2D eigenvalue weighted by atomic mass is 32.1. The first-order valence-corrected chi connectivity index (χ1v) is 9.29. The molecule has 0 saturated carbocycles. The van der Waals surface area contributed by atoms with E-state index in [9.17, 15) is 4.79 Å². The maximum Gasteiger partial charge on any atom is 0.270 e. The minimum atomic E-state index is -0.139. The Morgan fingerprint density at radius 1 is 1.27 bits per heavy atom.